The molecule has 0 saturated carbocycles. The van der Waals surface area contributed by atoms with E-state index >= 15 is 0 Å². The Bertz CT molecular complexity index is 266. The molecule has 0 rings (SSSR count). The zero-order valence-corrected chi connectivity index (χ0v) is 16.1. The molecule has 0 aliphatic heterocycles. The second-order valence-corrected chi connectivity index (χ2v) is 13.8. The van der Waals surface area contributed by atoms with E-state index in [1.54, 1.807) is 0 Å². The summed E-state index contributed by atoms with van der Waals surface area (Å²) in [4.78, 5) is 12.4. The standard InChI is InChI=1S/C14H29IO2Si/c1-11(8-9-15)10-12(18(5,6)7)13(16)17-14(2,3)4/h11-12H,8-10H2,1-7H3/t11-,12+/m0/s1. The Morgan fingerprint density at radius 3 is 2.11 bits per heavy atom. The van der Waals surface area contributed by atoms with E-state index in [1.807, 2.05) is 20.8 Å². The number of carbonyl (C=O) groups excluding carboxylic acids is 1. The van der Waals surface area contributed by atoms with Gasteiger partial charge in [-0.05, 0) is 44.0 Å². The molecule has 0 fully saturated rings. The highest BCUT2D eigenvalue weighted by Gasteiger charge is 2.36. The average Bonchev–Trinajstić information content (AvgIpc) is 2.09. The summed E-state index contributed by atoms with van der Waals surface area (Å²) >= 11 is 2.41. The SMILES string of the molecule is C[C@@H](CCI)C[C@H](C(=O)OC(C)(C)C)[Si](C)(C)C. The molecule has 0 unspecified atom stereocenters. The fraction of sp³-hybridized carbons (Fsp3) is 0.929. The highest BCUT2D eigenvalue weighted by Crippen LogP contribution is 2.33. The highest BCUT2D eigenvalue weighted by molar-refractivity contribution is 14.1. The summed E-state index contributed by atoms with van der Waals surface area (Å²) in [6, 6.07) is 0. The maximum atomic E-state index is 12.4. The van der Waals surface area contributed by atoms with E-state index < -0.39 is 8.07 Å². The highest BCUT2D eigenvalue weighted by atomic mass is 127. The van der Waals surface area contributed by atoms with Crippen LogP contribution in [0.4, 0.5) is 0 Å². The molecule has 2 nitrogen and oxygen atoms in total. The first-order valence-electron chi connectivity index (χ1n) is 6.76. The third-order valence-corrected chi connectivity index (χ3v) is 6.16. The molecular formula is C14H29IO2Si. The van der Waals surface area contributed by atoms with Crippen molar-refractivity contribution in [3.8, 4) is 0 Å². The van der Waals surface area contributed by atoms with Crippen LogP contribution in [0, 0.1) is 5.92 Å². The fourth-order valence-electron chi connectivity index (χ4n) is 1.88. The molecule has 0 aliphatic rings. The summed E-state index contributed by atoms with van der Waals surface area (Å²) in [6.07, 6.45) is 2.16. The van der Waals surface area contributed by atoms with Crippen molar-refractivity contribution in [2.45, 2.75) is 71.3 Å². The summed E-state index contributed by atoms with van der Waals surface area (Å²) in [5, 5.41) is 0. The normalized spacial score (nSPS) is 16.2. The molecule has 4 heteroatoms. The number of hydrogen-bond donors (Lipinski definition) is 0. The van der Waals surface area contributed by atoms with Crippen LogP contribution in [0.15, 0.2) is 0 Å². The minimum atomic E-state index is -1.52. The Morgan fingerprint density at radius 1 is 1.28 bits per heavy atom. The summed E-state index contributed by atoms with van der Waals surface area (Å²) in [5.74, 6) is 0.619. The van der Waals surface area contributed by atoms with Gasteiger partial charge in [-0.1, -0.05) is 49.2 Å². The van der Waals surface area contributed by atoms with Gasteiger partial charge in [0.2, 0.25) is 0 Å². The van der Waals surface area contributed by atoms with Crippen molar-refractivity contribution in [1.82, 2.24) is 0 Å². The van der Waals surface area contributed by atoms with Crippen LogP contribution in [0.3, 0.4) is 0 Å². The molecule has 2 atom stereocenters. The first-order chi connectivity index (χ1) is 7.97. The summed E-state index contributed by atoms with van der Waals surface area (Å²) in [7, 11) is -1.52. The molecule has 0 heterocycles. The van der Waals surface area contributed by atoms with E-state index in [9.17, 15) is 4.79 Å². The predicted molar refractivity (Wildman–Crippen MR) is 90.2 cm³/mol. The van der Waals surface area contributed by atoms with Gasteiger partial charge >= 0.3 is 5.97 Å². The Kier molecular flexibility index (Phi) is 7.43. The predicted octanol–water partition coefficient (Wildman–Crippen LogP) is 4.89. The van der Waals surface area contributed by atoms with Crippen molar-refractivity contribution in [3.63, 3.8) is 0 Å². The van der Waals surface area contributed by atoms with Gasteiger partial charge in [-0.15, -0.1) is 0 Å². The number of hydrogen-bond acceptors (Lipinski definition) is 2. The van der Waals surface area contributed by atoms with Crippen molar-refractivity contribution in [2.75, 3.05) is 4.43 Å². The monoisotopic (exact) mass is 384 g/mol. The molecule has 0 aromatic rings. The number of carbonyl (C=O) groups is 1. The van der Waals surface area contributed by atoms with E-state index in [0.29, 0.717) is 5.92 Å². The van der Waals surface area contributed by atoms with Gasteiger partial charge in [0.15, 0.2) is 0 Å². The number of esters is 1. The summed E-state index contributed by atoms with van der Waals surface area (Å²) < 4.78 is 6.76. The lowest BCUT2D eigenvalue weighted by Crippen LogP contribution is -2.38. The van der Waals surface area contributed by atoms with E-state index in [2.05, 4.69) is 49.2 Å². The molecule has 0 radical (unpaired) electrons. The Labute approximate surface area is 127 Å². The topological polar surface area (TPSA) is 26.3 Å². The lowest BCUT2D eigenvalue weighted by Gasteiger charge is -2.32. The van der Waals surface area contributed by atoms with E-state index in [1.165, 1.54) is 6.42 Å². The molecule has 0 N–H and O–H groups in total. The Balaban J connectivity index is 4.75. The zero-order valence-electron chi connectivity index (χ0n) is 13.0. The van der Waals surface area contributed by atoms with Crippen LogP contribution >= 0.6 is 22.6 Å². The molecule has 0 aromatic heterocycles. The average molecular weight is 384 g/mol. The van der Waals surface area contributed by atoms with Gasteiger partial charge in [-0.25, -0.2) is 0 Å². The van der Waals surface area contributed by atoms with Gasteiger partial charge in [-0.3, -0.25) is 4.79 Å². The van der Waals surface area contributed by atoms with Crippen LogP contribution in [-0.2, 0) is 9.53 Å². The van der Waals surface area contributed by atoms with Crippen molar-refractivity contribution in [2.24, 2.45) is 5.92 Å². The lowest BCUT2D eigenvalue weighted by molar-refractivity contribution is -0.155. The van der Waals surface area contributed by atoms with Gasteiger partial charge in [0, 0.05) is 0 Å². The number of ether oxygens (including phenoxy) is 1. The molecular weight excluding hydrogens is 355 g/mol. The molecule has 0 bridgehead atoms. The quantitative estimate of drug-likeness (QED) is 0.282. The van der Waals surface area contributed by atoms with Crippen LogP contribution in [0.2, 0.25) is 25.2 Å². The third kappa shape index (κ3) is 7.76. The van der Waals surface area contributed by atoms with Gasteiger partial charge < -0.3 is 4.74 Å². The second-order valence-electron chi connectivity index (χ2n) is 7.27. The zero-order chi connectivity index (χ0) is 14.6. The van der Waals surface area contributed by atoms with Crippen LogP contribution in [0.1, 0.15) is 40.5 Å². The Morgan fingerprint density at radius 2 is 1.78 bits per heavy atom. The Hall–Kier alpha value is 0.417. The first kappa shape index (κ1) is 18.4. The van der Waals surface area contributed by atoms with Crippen LogP contribution < -0.4 is 0 Å². The van der Waals surface area contributed by atoms with E-state index in [4.69, 9.17) is 4.74 Å². The molecule has 0 spiro atoms. The molecule has 0 aliphatic carbocycles. The van der Waals surface area contributed by atoms with Crippen molar-refractivity contribution >= 4 is 36.6 Å². The van der Waals surface area contributed by atoms with Gasteiger partial charge in [0.05, 0.1) is 13.6 Å². The minimum Gasteiger partial charge on any atom is -0.460 e. The third-order valence-electron chi connectivity index (χ3n) is 2.98. The number of alkyl halides is 1. The van der Waals surface area contributed by atoms with E-state index in [0.717, 1.165) is 10.8 Å². The summed E-state index contributed by atoms with van der Waals surface area (Å²) in [6.45, 7) is 14.9. The largest absolute Gasteiger partial charge is 0.460 e. The fourth-order valence-corrected chi connectivity index (χ4v) is 4.82. The first-order valence-corrected chi connectivity index (χ1v) is 11.9. The molecule has 0 aromatic carbocycles. The molecule has 0 amide bonds. The second kappa shape index (κ2) is 7.27. The van der Waals surface area contributed by atoms with Crippen LogP contribution in [0.5, 0.6) is 0 Å². The maximum Gasteiger partial charge on any atom is 0.306 e. The van der Waals surface area contributed by atoms with Crippen LogP contribution in [-0.4, -0.2) is 24.1 Å². The maximum absolute atomic E-state index is 12.4. The summed E-state index contributed by atoms with van der Waals surface area (Å²) in [5.41, 5.74) is -0.253. The number of halogens is 1. The van der Waals surface area contributed by atoms with Crippen molar-refractivity contribution in [3.05, 3.63) is 0 Å². The van der Waals surface area contributed by atoms with Gasteiger partial charge in [0.25, 0.3) is 0 Å². The number of rotatable bonds is 6. The van der Waals surface area contributed by atoms with Gasteiger partial charge in [0.1, 0.15) is 5.60 Å². The molecule has 0 saturated heterocycles. The van der Waals surface area contributed by atoms with E-state index in [-0.39, 0.29) is 17.1 Å². The van der Waals surface area contributed by atoms with Gasteiger partial charge in [-0.2, -0.15) is 0 Å². The van der Waals surface area contributed by atoms with Crippen molar-refractivity contribution < 1.29 is 9.53 Å². The minimum absolute atomic E-state index is 0.0157. The van der Waals surface area contributed by atoms with Crippen LogP contribution in [0.25, 0.3) is 0 Å². The lowest BCUT2D eigenvalue weighted by atomic mass is 10.0. The molecule has 18 heavy (non-hydrogen) atoms. The smallest absolute Gasteiger partial charge is 0.306 e. The van der Waals surface area contributed by atoms with Crippen molar-refractivity contribution in [1.29, 1.82) is 0 Å². The molecule has 108 valence electrons.